The molecule has 0 amide bonds. The van der Waals surface area contributed by atoms with Crippen molar-refractivity contribution in [2.24, 2.45) is 5.73 Å². The molecule has 0 aliphatic heterocycles. The minimum atomic E-state index is 0. The smallest absolute Gasteiger partial charge is 0.125 e. The maximum atomic E-state index is 5.95. The van der Waals surface area contributed by atoms with Crippen LogP contribution in [0.15, 0.2) is 42.5 Å². The monoisotopic (exact) mass is 291 g/mol. The highest BCUT2D eigenvalue weighted by Gasteiger charge is 2.09. The van der Waals surface area contributed by atoms with Gasteiger partial charge in [0.15, 0.2) is 0 Å². The van der Waals surface area contributed by atoms with Gasteiger partial charge in [-0.15, -0.1) is 12.4 Å². The van der Waals surface area contributed by atoms with E-state index in [1.807, 2.05) is 25.1 Å². The lowest BCUT2D eigenvalue weighted by Gasteiger charge is -2.15. The van der Waals surface area contributed by atoms with Crippen LogP contribution >= 0.6 is 12.4 Å². The number of ether oxygens (including phenoxy) is 1. The van der Waals surface area contributed by atoms with E-state index in [2.05, 4.69) is 38.1 Å². The predicted molar refractivity (Wildman–Crippen MR) is 86.5 cm³/mol. The summed E-state index contributed by atoms with van der Waals surface area (Å²) in [6.07, 6.45) is 0. The molecular formula is C17H22ClNO. The first-order valence-electron chi connectivity index (χ1n) is 6.61. The van der Waals surface area contributed by atoms with Gasteiger partial charge in [-0.3, -0.25) is 0 Å². The molecule has 108 valence electrons. The highest BCUT2D eigenvalue weighted by atomic mass is 35.5. The third kappa shape index (κ3) is 3.99. The SMILES string of the molecule is Cc1cc([C@H](C)N)cc(C)c1OCc1ccccc1.Cl. The van der Waals surface area contributed by atoms with Crippen molar-refractivity contribution < 1.29 is 4.74 Å². The quantitative estimate of drug-likeness (QED) is 0.910. The van der Waals surface area contributed by atoms with E-state index in [9.17, 15) is 0 Å². The molecule has 0 aliphatic carbocycles. The number of benzene rings is 2. The van der Waals surface area contributed by atoms with Crippen LogP contribution in [0.5, 0.6) is 5.75 Å². The molecule has 2 aromatic carbocycles. The van der Waals surface area contributed by atoms with Gasteiger partial charge in [0, 0.05) is 6.04 Å². The van der Waals surface area contributed by atoms with Crippen molar-refractivity contribution in [3.8, 4) is 5.75 Å². The highest BCUT2D eigenvalue weighted by molar-refractivity contribution is 5.85. The van der Waals surface area contributed by atoms with Crippen LogP contribution in [0.4, 0.5) is 0 Å². The Morgan fingerprint density at radius 1 is 1.05 bits per heavy atom. The Bertz CT molecular complexity index is 529. The van der Waals surface area contributed by atoms with Crippen LogP contribution in [0.2, 0.25) is 0 Å². The average Bonchev–Trinajstić information content (AvgIpc) is 2.38. The summed E-state index contributed by atoms with van der Waals surface area (Å²) in [5.41, 5.74) is 10.5. The van der Waals surface area contributed by atoms with Gasteiger partial charge in [-0.2, -0.15) is 0 Å². The fourth-order valence-corrected chi connectivity index (χ4v) is 2.20. The minimum Gasteiger partial charge on any atom is -0.488 e. The summed E-state index contributed by atoms with van der Waals surface area (Å²) in [5.74, 6) is 0.966. The second kappa shape index (κ2) is 7.32. The summed E-state index contributed by atoms with van der Waals surface area (Å²) in [5, 5.41) is 0. The van der Waals surface area contributed by atoms with E-state index in [1.165, 1.54) is 5.56 Å². The maximum absolute atomic E-state index is 5.95. The van der Waals surface area contributed by atoms with E-state index in [1.54, 1.807) is 0 Å². The molecule has 2 nitrogen and oxygen atoms in total. The first-order chi connectivity index (χ1) is 9.08. The zero-order chi connectivity index (χ0) is 13.8. The Hall–Kier alpha value is -1.51. The van der Waals surface area contributed by atoms with E-state index in [4.69, 9.17) is 10.5 Å². The Labute approximate surface area is 127 Å². The fraction of sp³-hybridized carbons (Fsp3) is 0.294. The highest BCUT2D eigenvalue weighted by Crippen LogP contribution is 2.27. The van der Waals surface area contributed by atoms with E-state index >= 15 is 0 Å². The molecule has 0 saturated heterocycles. The normalized spacial score (nSPS) is 11.6. The molecule has 3 heteroatoms. The van der Waals surface area contributed by atoms with E-state index in [0.29, 0.717) is 6.61 Å². The summed E-state index contributed by atoms with van der Waals surface area (Å²) < 4.78 is 5.95. The van der Waals surface area contributed by atoms with Crippen LogP contribution in [-0.2, 0) is 6.61 Å². The van der Waals surface area contributed by atoms with Crippen molar-refractivity contribution in [2.75, 3.05) is 0 Å². The Morgan fingerprint density at radius 2 is 1.60 bits per heavy atom. The molecule has 2 rings (SSSR count). The van der Waals surface area contributed by atoms with Crippen molar-refractivity contribution in [1.29, 1.82) is 0 Å². The summed E-state index contributed by atoms with van der Waals surface area (Å²) in [6, 6.07) is 14.5. The Balaban J connectivity index is 0.00000200. The van der Waals surface area contributed by atoms with Crippen LogP contribution in [0.25, 0.3) is 0 Å². The largest absolute Gasteiger partial charge is 0.488 e. The van der Waals surface area contributed by atoms with Gasteiger partial charge in [0.1, 0.15) is 12.4 Å². The molecule has 0 fully saturated rings. The van der Waals surface area contributed by atoms with Crippen molar-refractivity contribution in [3.05, 3.63) is 64.7 Å². The first kappa shape index (κ1) is 16.5. The molecule has 0 unspecified atom stereocenters. The van der Waals surface area contributed by atoms with E-state index in [-0.39, 0.29) is 18.4 Å². The molecule has 0 spiro atoms. The predicted octanol–water partition coefficient (Wildman–Crippen LogP) is 4.32. The fourth-order valence-electron chi connectivity index (χ4n) is 2.20. The molecule has 20 heavy (non-hydrogen) atoms. The van der Waals surface area contributed by atoms with Crippen LogP contribution in [0.1, 0.15) is 35.2 Å². The van der Waals surface area contributed by atoms with Gasteiger partial charge in [-0.25, -0.2) is 0 Å². The topological polar surface area (TPSA) is 35.2 Å². The number of aryl methyl sites for hydroxylation is 2. The standard InChI is InChI=1S/C17H21NO.ClH/c1-12-9-16(14(3)18)10-13(2)17(12)19-11-15-7-5-4-6-8-15;/h4-10,14H,11,18H2,1-3H3;1H/t14-;/m0./s1. The van der Waals surface area contributed by atoms with Crippen LogP contribution < -0.4 is 10.5 Å². The summed E-state index contributed by atoms with van der Waals surface area (Å²) >= 11 is 0. The summed E-state index contributed by atoms with van der Waals surface area (Å²) in [6.45, 7) is 6.73. The molecule has 0 aliphatic rings. The lowest BCUT2D eigenvalue weighted by molar-refractivity contribution is 0.302. The summed E-state index contributed by atoms with van der Waals surface area (Å²) in [4.78, 5) is 0. The molecule has 1 atom stereocenters. The minimum absolute atomic E-state index is 0. The van der Waals surface area contributed by atoms with Gasteiger partial charge in [0.25, 0.3) is 0 Å². The average molecular weight is 292 g/mol. The zero-order valence-electron chi connectivity index (χ0n) is 12.2. The van der Waals surface area contributed by atoms with Gasteiger partial charge in [-0.05, 0) is 43.0 Å². The van der Waals surface area contributed by atoms with Crippen LogP contribution in [0.3, 0.4) is 0 Å². The van der Waals surface area contributed by atoms with Crippen molar-refractivity contribution in [3.63, 3.8) is 0 Å². The van der Waals surface area contributed by atoms with Gasteiger partial charge >= 0.3 is 0 Å². The van der Waals surface area contributed by atoms with Crippen molar-refractivity contribution in [2.45, 2.75) is 33.4 Å². The number of halogens is 1. The van der Waals surface area contributed by atoms with Crippen molar-refractivity contribution >= 4 is 12.4 Å². The lowest BCUT2D eigenvalue weighted by Crippen LogP contribution is -2.07. The van der Waals surface area contributed by atoms with Crippen molar-refractivity contribution in [1.82, 2.24) is 0 Å². The number of hydrogen-bond donors (Lipinski definition) is 1. The molecule has 2 N–H and O–H groups in total. The van der Waals surface area contributed by atoms with Gasteiger partial charge in [0.05, 0.1) is 0 Å². The molecule has 2 aromatic rings. The van der Waals surface area contributed by atoms with Gasteiger partial charge in [-0.1, -0.05) is 42.5 Å². The molecule has 0 radical (unpaired) electrons. The number of nitrogens with two attached hydrogens (primary N) is 1. The second-order valence-electron chi connectivity index (χ2n) is 5.05. The van der Waals surface area contributed by atoms with Crippen LogP contribution in [0, 0.1) is 13.8 Å². The molecule has 0 saturated carbocycles. The van der Waals surface area contributed by atoms with Gasteiger partial charge < -0.3 is 10.5 Å². The third-order valence-corrected chi connectivity index (χ3v) is 3.23. The number of rotatable bonds is 4. The Kier molecular flexibility index (Phi) is 6.05. The second-order valence-corrected chi connectivity index (χ2v) is 5.05. The van der Waals surface area contributed by atoms with E-state index < -0.39 is 0 Å². The Morgan fingerprint density at radius 3 is 2.10 bits per heavy atom. The molecule has 0 bridgehead atoms. The molecular weight excluding hydrogens is 270 g/mol. The molecule has 0 aromatic heterocycles. The van der Waals surface area contributed by atoms with Gasteiger partial charge in [0.2, 0.25) is 0 Å². The lowest BCUT2D eigenvalue weighted by atomic mass is 10.0. The van der Waals surface area contributed by atoms with E-state index in [0.717, 1.165) is 22.4 Å². The summed E-state index contributed by atoms with van der Waals surface area (Å²) in [7, 11) is 0. The zero-order valence-corrected chi connectivity index (χ0v) is 13.0. The van der Waals surface area contributed by atoms with Crippen LogP contribution in [-0.4, -0.2) is 0 Å². The third-order valence-electron chi connectivity index (χ3n) is 3.23. The maximum Gasteiger partial charge on any atom is 0.125 e. The first-order valence-corrected chi connectivity index (χ1v) is 6.61. The number of hydrogen-bond acceptors (Lipinski definition) is 2. The molecule has 0 heterocycles.